The first-order chi connectivity index (χ1) is 14.7. The van der Waals surface area contributed by atoms with E-state index >= 15 is 0 Å². The van der Waals surface area contributed by atoms with Gasteiger partial charge in [0.25, 0.3) is 0 Å². The summed E-state index contributed by atoms with van der Waals surface area (Å²) in [4.78, 5) is 13.3. The molecule has 0 saturated heterocycles. The van der Waals surface area contributed by atoms with E-state index in [2.05, 4.69) is 26.1 Å². The predicted molar refractivity (Wildman–Crippen MR) is 118 cm³/mol. The zero-order valence-electron chi connectivity index (χ0n) is 16.7. The SMILES string of the molecule is CCOc1ccc(OCCNC(=O)CSc2nnc(-c3cccs3)n2C2CC2)cc1. The van der Waals surface area contributed by atoms with Gasteiger partial charge < -0.3 is 14.8 Å². The molecule has 1 amide bonds. The smallest absolute Gasteiger partial charge is 0.230 e. The van der Waals surface area contributed by atoms with Gasteiger partial charge in [-0.2, -0.15) is 0 Å². The number of hydrogen-bond donors (Lipinski definition) is 1. The van der Waals surface area contributed by atoms with Crippen molar-refractivity contribution in [3.8, 4) is 22.2 Å². The van der Waals surface area contributed by atoms with Crippen molar-refractivity contribution in [2.24, 2.45) is 0 Å². The predicted octanol–water partition coefficient (Wildman–Crippen LogP) is 4.03. The molecule has 0 aliphatic heterocycles. The maximum absolute atomic E-state index is 12.2. The average Bonchev–Trinajstić information content (AvgIpc) is 3.27. The molecule has 158 valence electrons. The molecule has 9 heteroatoms. The van der Waals surface area contributed by atoms with Crippen molar-refractivity contribution in [2.45, 2.75) is 31.0 Å². The Hall–Kier alpha value is -2.52. The third-order valence-corrected chi connectivity index (χ3v) is 6.29. The number of nitrogens with one attached hydrogen (secondary N) is 1. The molecule has 4 rings (SSSR count). The fourth-order valence-corrected chi connectivity index (χ4v) is 4.49. The maximum Gasteiger partial charge on any atom is 0.230 e. The average molecular weight is 445 g/mol. The highest BCUT2D eigenvalue weighted by Crippen LogP contribution is 2.41. The van der Waals surface area contributed by atoms with E-state index in [-0.39, 0.29) is 5.91 Å². The zero-order chi connectivity index (χ0) is 20.8. The summed E-state index contributed by atoms with van der Waals surface area (Å²) in [5.41, 5.74) is 0. The van der Waals surface area contributed by atoms with Gasteiger partial charge in [0.2, 0.25) is 5.91 Å². The Labute approximate surface area is 183 Å². The Kier molecular flexibility index (Phi) is 6.91. The van der Waals surface area contributed by atoms with Crippen LogP contribution < -0.4 is 14.8 Å². The number of rotatable bonds is 11. The fraction of sp³-hybridized carbons (Fsp3) is 0.381. The van der Waals surface area contributed by atoms with Gasteiger partial charge >= 0.3 is 0 Å². The largest absolute Gasteiger partial charge is 0.494 e. The standard InChI is InChI=1S/C21H24N4O3S2/c1-2-27-16-7-9-17(10-8-16)28-12-11-22-19(26)14-30-21-24-23-20(18-4-3-13-29-18)25(21)15-5-6-15/h3-4,7-10,13,15H,2,5-6,11-12,14H2,1H3,(H,22,26). The van der Waals surface area contributed by atoms with Crippen LogP contribution in [-0.4, -0.2) is 46.2 Å². The van der Waals surface area contributed by atoms with Crippen LogP contribution in [0.4, 0.5) is 0 Å². The second kappa shape index (κ2) is 9.99. The molecule has 1 aliphatic carbocycles. The number of thiophene rings is 1. The van der Waals surface area contributed by atoms with E-state index in [1.807, 2.05) is 42.6 Å². The number of amides is 1. The van der Waals surface area contributed by atoms with E-state index in [0.717, 1.165) is 40.2 Å². The molecule has 1 N–H and O–H groups in total. The lowest BCUT2D eigenvalue weighted by Crippen LogP contribution is -2.29. The van der Waals surface area contributed by atoms with Gasteiger partial charge in [0.05, 0.1) is 23.8 Å². The molecule has 1 aliphatic rings. The zero-order valence-corrected chi connectivity index (χ0v) is 18.4. The minimum atomic E-state index is -0.0432. The summed E-state index contributed by atoms with van der Waals surface area (Å²) in [5, 5.41) is 14.4. The van der Waals surface area contributed by atoms with Crippen LogP contribution in [0.25, 0.3) is 10.7 Å². The lowest BCUT2D eigenvalue weighted by molar-refractivity contribution is -0.118. The van der Waals surface area contributed by atoms with E-state index in [0.29, 0.717) is 31.6 Å². The van der Waals surface area contributed by atoms with Crippen molar-refractivity contribution in [1.82, 2.24) is 20.1 Å². The third kappa shape index (κ3) is 5.34. The van der Waals surface area contributed by atoms with Crippen LogP contribution in [0.5, 0.6) is 11.5 Å². The first-order valence-electron chi connectivity index (χ1n) is 9.98. The Bertz CT molecular complexity index is 953. The molecule has 1 saturated carbocycles. The number of aromatic nitrogens is 3. The number of benzene rings is 1. The van der Waals surface area contributed by atoms with E-state index in [1.165, 1.54) is 11.8 Å². The van der Waals surface area contributed by atoms with Crippen molar-refractivity contribution in [3.63, 3.8) is 0 Å². The quantitative estimate of drug-likeness (QED) is 0.355. The Morgan fingerprint density at radius 3 is 2.63 bits per heavy atom. The first-order valence-corrected chi connectivity index (χ1v) is 11.8. The summed E-state index contributed by atoms with van der Waals surface area (Å²) in [7, 11) is 0. The Morgan fingerprint density at radius 1 is 1.20 bits per heavy atom. The van der Waals surface area contributed by atoms with Gasteiger partial charge in [-0.3, -0.25) is 9.36 Å². The van der Waals surface area contributed by atoms with Crippen molar-refractivity contribution < 1.29 is 14.3 Å². The van der Waals surface area contributed by atoms with Crippen molar-refractivity contribution >= 4 is 29.0 Å². The van der Waals surface area contributed by atoms with Crippen LogP contribution in [0.2, 0.25) is 0 Å². The van der Waals surface area contributed by atoms with Crippen LogP contribution in [0, 0.1) is 0 Å². The summed E-state index contributed by atoms with van der Waals surface area (Å²) >= 11 is 3.08. The molecule has 0 unspecified atom stereocenters. The summed E-state index contributed by atoms with van der Waals surface area (Å²) in [6.45, 7) is 3.44. The molecule has 2 aromatic heterocycles. The van der Waals surface area contributed by atoms with E-state index in [4.69, 9.17) is 9.47 Å². The molecule has 30 heavy (non-hydrogen) atoms. The summed E-state index contributed by atoms with van der Waals surface area (Å²) in [5.74, 6) is 2.73. The third-order valence-electron chi connectivity index (χ3n) is 4.48. The Morgan fingerprint density at radius 2 is 1.97 bits per heavy atom. The van der Waals surface area contributed by atoms with Gasteiger partial charge in [0.15, 0.2) is 11.0 Å². The second-order valence-corrected chi connectivity index (χ2v) is 8.67. The monoisotopic (exact) mass is 444 g/mol. The normalized spacial score (nSPS) is 13.2. The molecule has 2 heterocycles. The Balaban J connectivity index is 1.22. The molecular weight excluding hydrogens is 420 g/mol. The molecule has 0 atom stereocenters. The second-order valence-electron chi connectivity index (χ2n) is 6.78. The number of ether oxygens (including phenoxy) is 2. The van der Waals surface area contributed by atoms with Crippen LogP contribution >= 0.6 is 23.1 Å². The topological polar surface area (TPSA) is 78.3 Å². The van der Waals surface area contributed by atoms with Crippen LogP contribution in [0.3, 0.4) is 0 Å². The van der Waals surface area contributed by atoms with Crippen LogP contribution in [0.15, 0.2) is 46.9 Å². The molecule has 0 bridgehead atoms. The maximum atomic E-state index is 12.2. The molecule has 1 fully saturated rings. The number of hydrogen-bond acceptors (Lipinski definition) is 7. The van der Waals surface area contributed by atoms with E-state index in [1.54, 1.807) is 11.3 Å². The molecule has 0 spiro atoms. The molecule has 7 nitrogen and oxygen atoms in total. The van der Waals surface area contributed by atoms with Crippen molar-refractivity contribution in [2.75, 3.05) is 25.5 Å². The lowest BCUT2D eigenvalue weighted by atomic mass is 10.3. The molecular formula is C21H24N4O3S2. The van der Waals surface area contributed by atoms with Gasteiger partial charge in [-0.1, -0.05) is 17.8 Å². The molecule has 3 aromatic rings. The number of nitrogens with zero attached hydrogens (tertiary/aromatic N) is 3. The van der Waals surface area contributed by atoms with Gasteiger partial charge in [-0.15, -0.1) is 21.5 Å². The minimum absolute atomic E-state index is 0.0432. The van der Waals surface area contributed by atoms with E-state index in [9.17, 15) is 4.79 Å². The highest BCUT2D eigenvalue weighted by Gasteiger charge is 2.30. The van der Waals surface area contributed by atoms with Gasteiger partial charge in [0.1, 0.15) is 18.1 Å². The highest BCUT2D eigenvalue weighted by atomic mass is 32.2. The van der Waals surface area contributed by atoms with Crippen molar-refractivity contribution in [3.05, 3.63) is 41.8 Å². The van der Waals surface area contributed by atoms with Gasteiger partial charge in [-0.05, 0) is 55.5 Å². The number of carbonyl (C=O) groups excluding carboxylic acids is 1. The summed E-state index contributed by atoms with van der Waals surface area (Å²) in [6, 6.07) is 12.0. The van der Waals surface area contributed by atoms with Crippen LogP contribution in [-0.2, 0) is 4.79 Å². The lowest BCUT2D eigenvalue weighted by Gasteiger charge is -2.09. The summed E-state index contributed by atoms with van der Waals surface area (Å²) < 4.78 is 13.2. The molecule has 0 radical (unpaired) electrons. The number of thioether (sulfide) groups is 1. The number of carbonyl (C=O) groups is 1. The molecule has 1 aromatic carbocycles. The highest BCUT2D eigenvalue weighted by molar-refractivity contribution is 7.99. The van der Waals surface area contributed by atoms with E-state index < -0.39 is 0 Å². The minimum Gasteiger partial charge on any atom is -0.494 e. The fourth-order valence-electron chi connectivity index (χ4n) is 2.95. The van der Waals surface area contributed by atoms with Crippen molar-refractivity contribution in [1.29, 1.82) is 0 Å². The van der Waals surface area contributed by atoms with Gasteiger partial charge in [-0.25, -0.2) is 0 Å². The first kappa shape index (κ1) is 20.7. The van der Waals surface area contributed by atoms with Gasteiger partial charge in [0, 0.05) is 6.04 Å². The van der Waals surface area contributed by atoms with Crippen LogP contribution in [0.1, 0.15) is 25.8 Å². The summed E-state index contributed by atoms with van der Waals surface area (Å²) in [6.07, 6.45) is 2.28.